The average molecular weight is 268 g/mol. The summed E-state index contributed by atoms with van der Waals surface area (Å²) in [5, 5.41) is 0. The Morgan fingerprint density at radius 2 is 2.00 bits per heavy atom. The fraction of sp³-hybridized carbons (Fsp3) is 0.538. The number of hydrogen-bond donors (Lipinski definition) is 2. The van der Waals surface area contributed by atoms with Crippen LogP contribution in [0.3, 0.4) is 0 Å². The van der Waals surface area contributed by atoms with Gasteiger partial charge in [0.25, 0.3) is 0 Å². The van der Waals surface area contributed by atoms with E-state index < -0.39 is 10.0 Å². The zero-order valence-electron chi connectivity index (χ0n) is 10.6. The molecule has 4 nitrogen and oxygen atoms in total. The Kier molecular flexibility index (Phi) is 4.04. The van der Waals surface area contributed by atoms with Crippen LogP contribution in [0.5, 0.6) is 0 Å². The molecule has 0 aromatic heterocycles. The third-order valence-electron chi connectivity index (χ3n) is 3.43. The molecule has 0 saturated heterocycles. The summed E-state index contributed by atoms with van der Waals surface area (Å²) in [6.07, 6.45) is 3.84. The molecule has 1 saturated carbocycles. The Balaban J connectivity index is 2.16. The van der Waals surface area contributed by atoms with Gasteiger partial charge < -0.3 is 5.73 Å². The summed E-state index contributed by atoms with van der Waals surface area (Å²) in [5.74, 6) is 0. The molecule has 1 aliphatic rings. The predicted molar refractivity (Wildman–Crippen MR) is 71.7 cm³/mol. The maximum Gasteiger partial charge on any atom is 0.240 e. The first-order valence-corrected chi connectivity index (χ1v) is 7.82. The second-order valence-corrected chi connectivity index (χ2v) is 6.71. The maximum absolute atomic E-state index is 12.2. The van der Waals surface area contributed by atoms with Crippen molar-refractivity contribution < 1.29 is 8.42 Å². The predicted octanol–water partition coefficient (Wildman–Crippen LogP) is 1.54. The number of sulfonamides is 1. The molecule has 1 fully saturated rings. The second kappa shape index (κ2) is 5.38. The second-order valence-electron chi connectivity index (χ2n) is 4.99. The fourth-order valence-electron chi connectivity index (χ4n) is 2.36. The van der Waals surface area contributed by atoms with E-state index in [1.165, 1.54) is 0 Å². The average Bonchev–Trinajstić information content (AvgIpc) is 2.32. The van der Waals surface area contributed by atoms with E-state index in [1.807, 2.05) is 13.0 Å². The molecule has 2 rings (SSSR count). The Morgan fingerprint density at radius 3 is 2.67 bits per heavy atom. The van der Waals surface area contributed by atoms with Gasteiger partial charge in [0.15, 0.2) is 0 Å². The minimum absolute atomic E-state index is 0.0710. The number of benzene rings is 1. The lowest BCUT2D eigenvalue weighted by atomic mass is 9.92. The van der Waals surface area contributed by atoms with Crippen LogP contribution >= 0.6 is 0 Å². The minimum atomic E-state index is -3.45. The first kappa shape index (κ1) is 13.5. The first-order chi connectivity index (χ1) is 8.49. The highest BCUT2D eigenvalue weighted by molar-refractivity contribution is 7.89. The van der Waals surface area contributed by atoms with E-state index in [1.54, 1.807) is 18.2 Å². The molecule has 100 valence electrons. The largest absolute Gasteiger partial charge is 0.326 e. The van der Waals surface area contributed by atoms with Crippen LogP contribution < -0.4 is 10.5 Å². The van der Waals surface area contributed by atoms with E-state index >= 15 is 0 Å². The molecule has 1 aliphatic carbocycles. The lowest BCUT2D eigenvalue weighted by molar-refractivity contribution is 0.361. The normalized spacial score (nSPS) is 25.0. The highest BCUT2D eigenvalue weighted by atomic mass is 32.2. The van der Waals surface area contributed by atoms with Crippen LogP contribution in [0.25, 0.3) is 0 Å². The van der Waals surface area contributed by atoms with Crippen molar-refractivity contribution >= 4 is 10.0 Å². The first-order valence-electron chi connectivity index (χ1n) is 6.33. The zero-order chi connectivity index (χ0) is 13.2. The quantitative estimate of drug-likeness (QED) is 0.873. The van der Waals surface area contributed by atoms with Gasteiger partial charge >= 0.3 is 0 Å². The summed E-state index contributed by atoms with van der Waals surface area (Å²) >= 11 is 0. The van der Waals surface area contributed by atoms with Gasteiger partial charge in [-0.3, -0.25) is 0 Å². The number of aryl methyl sites for hydroxylation is 1. The summed E-state index contributed by atoms with van der Waals surface area (Å²) in [4.78, 5) is 0.320. The fourth-order valence-corrected chi connectivity index (χ4v) is 3.78. The van der Waals surface area contributed by atoms with Crippen molar-refractivity contribution in [1.82, 2.24) is 4.72 Å². The van der Waals surface area contributed by atoms with Gasteiger partial charge in [-0.15, -0.1) is 0 Å². The van der Waals surface area contributed by atoms with Crippen LogP contribution in [0.1, 0.15) is 31.2 Å². The van der Waals surface area contributed by atoms with Crippen molar-refractivity contribution in [2.75, 3.05) is 0 Å². The highest BCUT2D eigenvalue weighted by Gasteiger charge is 2.27. The van der Waals surface area contributed by atoms with Crippen molar-refractivity contribution in [3.8, 4) is 0 Å². The molecule has 0 spiro atoms. The standard InChI is InChI=1S/C13H20N2O2S/c1-10-5-4-6-11(9-10)18(16,17)15-13-8-3-2-7-12(13)14/h4-6,9,12-13,15H,2-3,7-8,14H2,1H3. The molecule has 5 heteroatoms. The molecule has 0 amide bonds. The zero-order valence-corrected chi connectivity index (χ0v) is 11.4. The lowest BCUT2D eigenvalue weighted by Crippen LogP contribution is -2.49. The smallest absolute Gasteiger partial charge is 0.240 e. The van der Waals surface area contributed by atoms with Gasteiger partial charge in [0.05, 0.1) is 4.90 Å². The molecule has 0 bridgehead atoms. The van der Waals surface area contributed by atoms with E-state index in [4.69, 9.17) is 5.73 Å². The van der Waals surface area contributed by atoms with Crippen LogP contribution in [0, 0.1) is 6.92 Å². The Bertz CT molecular complexity index is 513. The SMILES string of the molecule is Cc1cccc(S(=O)(=O)NC2CCCCC2N)c1. The van der Waals surface area contributed by atoms with Crippen molar-refractivity contribution in [2.24, 2.45) is 5.73 Å². The molecule has 1 aromatic carbocycles. The van der Waals surface area contributed by atoms with E-state index in [0.29, 0.717) is 4.90 Å². The van der Waals surface area contributed by atoms with Crippen LogP contribution in [0.4, 0.5) is 0 Å². The summed E-state index contributed by atoms with van der Waals surface area (Å²) < 4.78 is 27.2. The Morgan fingerprint density at radius 1 is 1.28 bits per heavy atom. The molecule has 18 heavy (non-hydrogen) atoms. The van der Waals surface area contributed by atoms with Crippen molar-refractivity contribution in [3.63, 3.8) is 0 Å². The van der Waals surface area contributed by atoms with Gasteiger partial charge in [-0.1, -0.05) is 25.0 Å². The maximum atomic E-state index is 12.2. The monoisotopic (exact) mass is 268 g/mol. The van der Waals surface area contributed by atoms with Crippen molar-refractivity contribution in [1.29, 1.82) is 0 Å². The summed E-state index contributed by atoms with van der Waals surface area (Å²) in [6.45, 7) is 1.88. The van der Waals surface area contributed by atoms with E-state index in [9.17, 15) is 8.42 Å². The molecular weight excluding hydrogens is 248 g/mol. The Labute approximate surface area is 109 Å². The lowest BCUT2D eigenvalue weighted by Gasteiger charge is -2.29. The molecule has 3 N–H and O–H groups in total. The molecular formula is C13H20N2O2S. The molecule has 2 atom stereocenters. The van der Waals surface area contributed by atoms with Crippen LogP contribution in [-0.2, 0) is 10.0 Å². The highest BCUT2D eigenvalue weighted by Crippen LogP contribution is 2.19. The molecule has 1 aromatic rings. The van der Waals surface area contributed by atoms with Gasteiger partial charge in [0.2, 0.25) is 10.0 Å². The minimum Gasteiger partial charge on any atom is -0.326 e. The van der Waals surface area contributed by atoms with Gasteiger partial charge in [0.1, 0.15) is 0 Å². The van der Waals surface area contributed by atoms with Crippen molar-refractivity contribution in [3.05, 3.63) is 29.8 Å². The summed E-state index contributed by atoms with van der Waals surface area (Å²) in [7, 11) is -3.45. The van der Waals surface area contributed by atoms with Crippen LogP contribution in [-0.4, -0.2) is 20.5 Å². The molecule has 0 aliphatic heterocycles. The number of nitrogens with two attached hydrogens (primary N) is 1. The molecule has 0 radical (unpaired) electrons. The van der Waals surface area contributed by atoms with E-state index in [2.05, 4.69) is 4.72 Å². The van der Waals surface area contributed by atoms with Crippen LogP contribution in [0.15, 0.2) is 29.2 Å². The van der Waals surface area contributed by atoms with Crippen LogP contribution in [0.2, 0.25) is 0 Å². The van der Waals surface area contributed by atoms with Crippen molar-refractivity contribution in [2.45, 2.75) is 49.6 Å². The molecule has 0 heterocycles. The number of rotatable bonds is 3. The van der Waals surface area contributed by atoms with Gasteiger partial charge in [0, 0.05) is 12.1 Å². The van der Waals surface area contributed by atoms with Gasteiger partial charge in [-0.25, -0.2) is 13.1 Å². The summed E-state index contributed by atoms with van der Waals surface area (Å²) in [5.41, 5.74) is 6.90. The number of hydrogen-bond acceptors (Lipinski definition) is 3. The topological polar surface area (TPSA) is 72.2 Å². The van der Waals surface area contributed by atoms with Gasteiger partial charge in [-0.05, 0) is 37.5 Å². The number of nitrogens with one attached hydrogen (secondary N) is 1. The Hall–Kier alpha value is -0.910. The molecule has 2 unspecified atom stereocenters. The van der Waals surface area contributed by atoms with E-state index in [0.717, 1.165) is 31.2 Å². The third-order valence-corrected chi connectivity index (χ3v) is 4.91. The third kappa shape index (κ3) is 3.10. The van der Waals surface area contributed by atoms with E-state index in [-0.39, 0.29) is 12.1 Å². The van der Waals surface area contributed by atoms with Gasteiger partial charge in [-0.2, -0.15) is 0 Å². The summed E-state index contributed by atoms with van der Waals surface area (Å²) in [6, 6.07) is 6.72.